The van der Waals surface area contributed by atoms with Crippen molar-refractivity contribution in [2.24, 2.45) is 0 Å². The predicted octanol–water partition coefficient (Wildman–Crippen LogP) is 0.418. The maximum Gasteiger partial charge on any atom is 0.197 e. The lowest BCUT2D eigenvalue weighted by atomic mass is 10.1. The van der Waals surface area contributed by atoms with E-state index in [2.05, 4.69) is 10.6 Å². The molecule has 4 N–H and O–H groups in total. The molecule has 5 nitrogen and oxygen atoms in total. The number of hydrogen-bond acceptors (Lipinski definition) is 5. The molecule has 0 heterocycles. The highest BCUT2D eigenvalue weighted by Crippen LogP contribution is 2.12. The lowest BCUT2D eigenvalue weighted by Crippen LogP contribution is -2.69. The van der Waals surface area contributed by atoms with Crippen molar-refractivity contribution in [3.05, 3.63) is 0 Å². The van der Waals surface area contributed by atoms with Crippen molar-refractivity contribution < 1.29 is 14.9 Å². The molecular weight excluding hydrogens is 220 g/mol. The standard InChI is InChI=1S/C12H28N2O3/c1-10(2,3)13-12(16,9-17-8-7-15)14-11(4,5)6/h13-16H,7-9H2,1-6H3. The van der Waals surface area contributed by atoms with Crippen LogP contribution in [0.1, 0.15) is 41.5 Å². The minimum atomic E-state index is -1.31. The normalized spacial score (nSPS) is 14.1. The summed E-state index contributed by atoms with van der Waals surface area (Å²) in [5.74, 6) is -1.31. The van der Waals surface area contributed by atoms with E-state index in [0.717, 1.165) is 0 Å². The van der Waals surface area contributed by atoms with Gasteiger partial charge in [-0.25, -0.2) is 0 Å². The average molecular weight is 248 g/mol. The average Bonchev–Trinajstić information content (AvgIpc) is 1.96. The van der Waals surface area contributed by atoms with Crippen LogP contribution in [0.2, 0.25) is 0 Å². The highest BCUT2D eigenvalue weighted by Gasteiger charge is 2.34. The summed E-state index contributed by atoms with van der Waals surface area (Å²) in [4.78, 5) is 0. The number of rotatable bonds is 6. The molecule has 0 aromatic carbocycles. The van der Waals surface area contributed by atoms with Gasteiger partial charge in [0.25, 0.3) is 0 Å². The van der Waals surface area contributed by atoms with Crippen molar-refractivity contribution in [1.29, 1.82) is 0 Å². The van der Waals surface area contributed by atoms with E-state index in [1.165, 1.54) is 0 Å². The first-order valence-corrected chi connectivity index (χ1v) is 5.97. The second-order valence-corrected chi connectivity index (χ2v) is 6.39. The first kappa shape index (κ1) is 16.8. The molecule has 0 aliphatic heterocycles. The van der Waals surface area contributed by atoms with E-state index in [9.17, 15) is 5.11 Å². The Kier molecular flexibility index (Phi) is 6.04. The van der Waals surface area contributed by atoms with Crippen molar-refractivity contribution >= 4 is 0 Å². The third-order valence-electron chi connectivity index (χ3n) is 1.71. The zero-order valence-corrected chi connectivity index (χ0v) is 11.9. The fourth-order valence-corrected chi connectivity index (χ4v) is 1.63. The highest BCUT2D eigenvalue weighted by molar-refractivity contribution is 4.87. The summed E-state index contributed by atoms with van der Waals surface area (Å²) in [6, 6.07) is 0. The van der Waals surface area contributed by atoms with E-state index >= 15 is 0 Å². The Morgan fingerprint density at radius 2 is 1.35 bits per heavy atom. The van der Waals surface area contributed by atoms with Crippen molar-refractivity contribution in [2.45, 2.75) is 58.5 Å². The fourth-order valence-electron chi connectivity index (χ4n) is 1.63. The lowest BCUT2D eigenvalue weighted by molar-refractivity contribution is -0.121. The molecular formula is C12H28N2O3. The second-order valence-electron chi connectivity index (χ2n) is 6.39. The van der Waals surface area contributed by atoms with Gasteiger partial charge in [-0.3, -0.25) is 10.6 Å². The first-order valence-electron chi connectivity index (χ1n) is 5.97. The van der Waals surface area contributed by atoms with Crippen LogP contribution in [-0.4, -0.2) is 47.0 Å². The number of aliphatic hydroxyl groups is 2. The summed E-state index contributed by atoms with van der Waals surface area (Å²) in [7, 11) is 0. The molecule has 0 saturated heterocycles. The van der Waals surface area contributed by atoms with E-state index in [0.29, 0.717) is 0 Å². The minimum Gasteiger partial charge on any atom is -0.394 e. The van der Waals surface area contributed by atoms with Crippen molar-refractivity contribution in [2.75, 3.05) is 19.8 Å². The van der Waals surface area contributed by atoms with Gasteiger partial charge in [0.05, 0.1) is 13.2 Å². The Labute approximate surface area is 105 Å². The Balaban J connectivity index is 4.57. The molecule has 0 fully saturated rings. The van der Waals surface area contributed by atoms with Crippen molar-refractivity contribution in [3.63, 3.8) is 0 Å². The van der Waals surface area contributed by atoms with Gasteiger partial charge in [-0.15, -0.1) is 0 Å². The molecule has 0 aliphatic carbocycles. The summed E-state index contributed by atoms with van der Waals surface area (Å²) < 4.78 is 5.21. The van der Waals surface area contributed by atoms with Crippen molar-refractivity contribution in [1.82, 2.24) is 10.6 Å². The Morgan fingerprint density at radius 1 is 0.941 bits per heavy atom. The molecule has 0 saturated carbocycles. The van der Waals surface area contributed by atoms with Crippen LogP contribution < -0.4 is 10.6 Å². The van der Waals surface area contributed by atoms with Crippen LogP contribution in [0.3, 0.4) is 0 Å². The van der Waals surface area contributed by atoms with Crippen LogP contribution in [0.4, 0.5) is 0 Å². The van der Waals surface area contributed by atoms with E-state index in [-0.39, 0.29) is 30.9 Å². The molecule has 0 amide bonds. The Bertz CT molecular complexity index is 203. The molecule has 0 aromatic rings. The topological polar surface area (TPSA) is 73.8 Å². The van der Waals surface area contributed by atoms with Gasteiger partial charge in [0.2, 0.25) is 0 Å². The Morgan fingerprint density at radius 3 is 1.65 bits per heavy atom. The zero-order chi connectivity index (χ0) is 13.7. The molecule has 0 atom stereocenters. The van der Waals surface area contributed by atoms with Crippen LogP contribution in [0, 0.1) is 0 Å². The Hall–Kier alpha value is -0.200. The van der Waals surface area contributed by atoms with Gasteiger partial charge in [-0.2, -0.15) is 0 Å². The lowest BCUT2D eigenvalue weighted by Gasteiger charge is -2.41. The number of aliphatic hydroxyl groups excluding tert-OH is 1. The molecule has 104 valence electrons. The van der Waals surface area contributed by atoms with Gasteiger partial charge in [0, 0.05) is 11.1 Å². The number of nitrogens with one attached hydrogen (secondary N) is 2. The smallest absolute Gasteiger partial charge is 0.197 e. The molecule has 0 spiro atoms. The van der Waals surface area contributed by atoms with E-state index in [1.807, 2.05) is 41.5 Å². The molecule has 0 aliphatic rings. The monoisotopic (exact) mass is 248 g/mol. The molecule has 0 bridgehead atoms. The summed E-state index contributed by atoms with van der Waals surface area (Å²) in [5.41, 5.74) is -0.509. The van der Waals surface area contributed by atoms with Gasteiger partial charge in [-0.05, 0) is 41.5 Å². The predicted molar refractivity (Wildman–Crippen MR) is 68.6 cm³/mol. The maximum atomic E-state index is 10.5. The van der Waals surface area contributed by atoms with Crippen LogP contribution in [0.15, 0.2) is 0 Å². The molecule has 0 unspecified atom stereocenters. The summed E-state index contributed by atoms with van der Waals surface area (Å²) in [6.07, 6.45) is 0. The van der Waals surface area contributed by atoms with Crippen LogP contribution in [-0.2, 0) is 4.74 Å². The minimum absolute atomic E-state index is 0.0544. The zero-order valence-electron chi connectivity index (χ0n) is 11.9. The first-order chi connectivity index (χ1) is 7.47. The van der Waals surface area contributed by atoms with E-state index < -0.39 is 5.85 Å². The van der Waals surface area contributed by atoms with Crippen molar-refractivity contribution in [3.8, 4) is 0 Å². The molecule has 0 rings (SSSR count). The van der Waals surface area contributed by atoms with Gasteiger partial charge in [-0.1, -0.05) is 0 Å². The summed E-state index contributed by atoms with van der Waals surface area (Å²) in [6.45, 7) is 12.0. The quantitative estimate of drug-likeness (QED) is 0.405. The summed E-state index contributed by atoms with van der Waals surface area (Å²) >= 11 is 0. The van der Waals surface area contributed by atoms with Crippen LogP contribution >= 0.6 is 0 Å². The molecule has 0 aromatic heterocycles. The van der Waals surface area contributed by atoms with Crippen LogP contribution in [0.5, 0.6) is 0 Å². The van der Waals surface area contributed by atoms with Gasteiger partial charge < -0.3 is 14.9 Å². The van der Waals surface area contributed by atoms with Gasteiger partial charge in [0.15, 0.2) is 5.85 Å². The fraction of sp³-hybridized carbons (Fsp3) is 1.00. The molecule has 0 radical (unpaired) electrons. The summed E-state index contributed by atoms with van der Waals surface area (Å²) in [5, 5.41) is 25.3. The molecule has 17 heavy (non-hydrogen) atoms. The number of ether oxygens (including phenoxy) is 1. The third kappa shape index (κ3) is 9.50. The van der Waals surface area contributed by atoms with Gasteiger partial charge >= 0.3 is 0 Å². The van der Waals surface area contributed by atoms with E-state index in [1.54, 1.807) is 0 Å². The molecule has 5 heteroatoms. The van der Waals surface area contributed by atoms with E-state index in [4.69, 9.17) is 9.84 Å². The SMILES string of the molecule is CC(C)(C)NC(O)(COCCO)NC(C)(C)C. The largest absolute Gasteiger partial charge is 0.394 e. The number of hydrogen-bond donors (Lipinski definition) is 4. The highest BCUT2D eigenvalue weighted by atomic mass is 16.5. The second kappa shape index (κ2) is 6.11. The third-order valence-corrected chi connectivity index (χ3v) is 1.71. The van der Waals surface area contributed by atoms with Crippen LogP contribution in [0.25, 0.3) is 0 Å². The maximum absolute atomic E-state index is 10.5. The van der Waals surface area contributed by atoms with Gasteiger partial charge in [0.1, 0.15) is 6.61 Å².